The number of nitrogens with two attached hydrogens (primary N) is 1. The maximum absolute atomic E-state index is 11.5. The third-order valence-electron chi connectivity index (χ3n) is 2.87. The van der Waals surface area contributed by atoms with Gasteiger partial charge >= 0.3 is 0 Å². The standard InChI is InChI=1S/C12H23N5O/c1-5-7-17(8-10(18)14-3)12-11(13)9(6-2)15-16(12)4/h5-8,13H2,1-4H3,(H,14,18). The molecule has 0 saturated carbocycles. The van der Waals surface area contributed by atoms with Crippen LogP contribution in [-0.2, 0) is 18.3 Å². The number of hydrogen-bond donors (Lipinski definition) is 2. The molecule has 1 aromatic heterocycles. The first kappa shape index (κ1) is 14.3. The number of anilines is 2. The number of rotatable bonds is 6. The van der Waals surface area contributed by atoms with Crippen molar-refractivity contribution in [3.8, 4) is 0 Å². The zero-order valence-electron chi connectivity index (χ0n) is 11.7. The van der Waals surface area contributed by atoms with Crippen LogP contribution in [0, 0.1) is 0 Å². The van der Waals surface area contributed by atoms with Crippen molar-refractivity contribution in [2.45, 2.75) is 26.7 Å². The molecule has 102 valence electrons. The van der Waals surface area contributed by atoms with E-state index in [0.717, 1.165) is 30.9 Å². The van der Waals surface area contributed by atoms with E-state index in [4.69, 9.17) is 5.73 Å². The molecule has 0 unspecified atom stereocenters. The third kappa shape index (κ3) is 2.94. The summed E-state index contributed by atoms with van der Waals surface area (Å²) < 4.78 is 1.76. The van der Waals surface area contributed by atoms with Crippen LogP contribution < -0.4 is 16.0 Å². The maximum atomic E-state index is 11.5. The van der Waals surface area contributed by atoms with Gasteiger partial charge in [-0.2, -0.15) is 5.10 Å². The molecule has 0 aliphatic heterocycles. The molecule has 0 aliphatic carbocycles. The van der Waals surface area contributed by atoms with E-state index in [1.54, 1.807) is 11.7 Å². The number of nitrogens with zero attached hydrogens (tertiary/aromatic N) is 3. The zero-order chi connectivity index (χ0) is 13.7. The maximum Gasteiger partial charge on any atom is 0.239 e. The van der Waals surface area contributed by atoms with Crippen LogP contribution in [0.4, 0.5) is 11.5 Å². The van der Waals surface area contributed by atoms with E-state index >= 15 is 0 Å². The molecule has 18 heavy (non-hydrogen) atoms. The van der Waals surface area contributed by atoms with Crippen LogP contribution in [0.5, 0.6) is 0 Å². The van der Waals surface area contributed by atoms with Crippen molar-refractivity contribution in [2.24, 2.45) is 7.05 Å². The summed E-state index contributed by atoms with van der Waals surface area (Å²) in [5.41, 5.74) is 7.66. The van der Waals surface area contributed by atoms with Crippen molar-refractivity contribution >= 4 is 17.4 Å². The van der Waals surface area contributed by atoms with Crippen LogP contribution in [0.15, 0.2) is 0 Å². The Balaban J connectivity index is 3.04. The molecular formula is C12H23N5O. The third-order valence-corrected chi connectivity index (χ3v) is 2.87. The van der Waals surface area contributed by atoms with E-state index in [2.05, 4.69) is 17.3 Å². The van der Waals surface area contributed by atoms with Gasteiger partial charge in [0.05, 0.1) is 17.9 Å². The fourth-order valence-electron chi connectivity index (χ4n) is 2.00. The lowest BCUT2D eigenvalue weighted by atomic mass is 10.2. The highest BCUT2D eigenvalue weighted by Gasteiger charge is 2.19. The molecule has 0 bridgehead atoms. The smallest absolute Gasteiger partial charge is 0.239 e. The molecule has 1 aromatic rings. The predicted molar refractivity (Wildman–Crippen MR) is 73.6 cm³/mol. The van der Waals surface area contributed by atoms with E-state index < -0.39 is 0 Å². The average molecular weight is 253 g/mol. The van der Waals surface area contributed by atoms with Gasteiger partial charge in [0.15, 0.2) is 5.82 Å². The minimum Gasteiger partial charge on any atom is -0.394 e. The van der Waals surface area contributed by atoms with Gasteiger partial charge in [-0.15, -0.1) is 0 Å². The highest BCUT2D eigenvalue weighted by molar-refractivity contribution is 5.82. The molecule has 1 heterocycles. The molecule has 0 aromatic carbocycles. The molecule has 0 radical (unpaired) electrons. The van der Waals surface area contributed by atoms with Crippen molar-refractivity contribution in [2.75, 3.05) is 30.8 Å². The van der Waals surface area contributed by atoms with Crippen LogP contribution in [-0.4, -0.2) is 35.8 Å². The summed E-state index contributed by atoms with van der Waals surface area (Å²) in [5, 5.41) is 7.02. The molecule has 1 amide bonds. The number of carbonyl (C=O) groups excluding carboxylic acids is 1. The Morgan fingerprint density at radius 2 is 2.17 bits per heavy atom. The van der Waals surface area contributed by atoms with Gasteiger partial charge < -0.3 is 16.0 Å². The molecule has 0 fully saturated rings. The molecule has 3 N–H and O–H groups in total. The first-order valence-corrected chi connectivity index (χ1v) is 6.31. The summed E-state index contributed by atoms with van der Waals surface area (Å²) in [6.07, 6.45) is 1.74. The minimum atomic E-state index is -0.0258. The Bertz CT molecular complexity index is 413. The van der Waals surface area contributed by atoms with Crippen molar-refractivity contribution in [3.05, 3.63) is 5.69 Å². The van der Waals surface area contributed by atoms with Gasteiger partial charge in [0, 0.05) is 20.6 Å². The molecule has 6 heteroatoms. The normalized spacial score (nSPS) is 10.4. The number of nitrogens with one attached hydrogen (secondary N) is 1. The summed E-state index contributed by atoms with van der Waals surface area (Å²) in [6, 6.07) is 0. The molecular weight excluding hydrogens is 230 g/mol. The van der Waals surface area contributed by atoms with Crippen molar-refractivity contribution in [1.82, 2.24) is 15.1 Å². The number of aryl methyl sites for hydroxylation is 2. The van der Waals surface area contributed by atoms with Gasteiger partial charge in [0.25, 0.3) is 0 Å². The summed E-state index contributed by atoms with van der Waals surface area (Å²) in [5.74, 6) is 0.805. The quantitative estimate of drug-likeness (QED) is 0.775. The number of carbonyl (C=O) groups is 1. The molecule has 0 saturated heterocycles. The summed E-state index contributed by atoms with van der Waals surface area (Å²) in [7, 11) is 3.49. The zero-order valence-corrected chi connectivity index (χ0v) is 11.7. The van der Waals surface area contributed by atoms with Crippen molar-refractivity contribution in [1.29, 1.82) is 0 Å². The number of amides is 1. The highest BCUT2D eigenvalue weighted by atomic mass is 16.1. The Kier molecular flexibility index (Phi) is 5.00. The van der Waals surface area contributed by atoms with Gasteiger partial charge in [0.1, 0.15) is 0 Å². The number of hydrogen-bond acceptors (Lipinski definition) is 4. The largest absolute Gasteiger partial charge is 0.394 e. The topological polar surface area (TPSA) is 76.2 Å². The summed E-state index contributed by atoms with van der Waals surface area (Å²) >= 11 is 0. The van der Waals surface area contributed by atoms with Gasteiger partial charge in [-0.3, -0.25) is 9.48 Å². The second-order valence-electron chi connectivity index (χ2n) is 4.26. The van der Waals surface area contributed by atoms with Gasteiger partial charge in [-0.05, 0) is 12.8 Å². The lowest BCUT2D eigenvalue weighted by Gasteiger charge is -2.23. The summed E-state index contributed by atoms with van der Waals surface area (Å²) in [4.78, 5) is 13.5. The molecule has 0 aliphatic rings. The Morgan fingerprint density at radius 1 is 1.50 bits per heavy atom. The van der Waals surface area contributed by atoms with Crippen LogP contribution in [0.1, 0.15) is 26.0 Å². The number of aromatic nitrogens is 2. The first-order valence-electron chi connectivity index (χ1n) is 6.31. The van der Waals surface area contributed by atoms with Crippen LogP contribution in [0.25, 0.3) is 0 Å². The minimum absolute atomic E-state index is 0.0258. The van der Waals surface area contributed by atoms with Gasteiger partial charge in [-0.25, -0.2) is 0 Å². The molecule has 0 atom stereocenters. The lowest BCUT2D eigenvalue weighted by Crippen LogP contribution is -2.37. The van der Waals surface area contributed by atoms with Crippen molar-refractivity contribution < 1.29 is 4.79 Å². The van der Waals surface area contributed by atoms with Gasteiger partial charge in [0.2, 0.25) is 5.91 Å². The molecule has 6 nitrogen and oxygen atoms in total. The van der Waals surface area contributed by atoms with E-state index in [1.807, 2.05) is 18.9 Å². The summed E-state index contributed by atoms with van der Waals surface area (Å²) in [6.45, 7) is 5.17. The Hall–Kier alpha value is -1.72. The van der Waals surface area contributed by atoms with E-state index in [9.17, 15) is 4.79 Å². The fourth-order valence-corrected chi connectivity index (χ4v) is 2.00. The van der Waals surface area contributed by atoms with Gasteiger partial charge in [-0.1, -0.05) is 13.8 Å². The SMILES string of the molecule is CCCN(CC(=O)NC)c1c(N)c(CC)nn1C. The van der Waals surface area contributed by atoms with Crippen LogP contribution in [0.2, 0.25) is 0 Å². The number of likely N-dealkylation sites (N-methyl/N-ethyl adjacent to an activating group) is 1. The lowest BCUT2D eigenvalue weighted by molar-refractivity contribution is -0.119. The molecule has 0 spiro atoms. The van der Waals surface area contributed by atoms with E-state index in [1.165, 1.54) is 0 Å². The number of nitrogen functional groups attached to an aromatic ring is 1. The second kappa shape index (κ2) is 6.28. The van der Waals surface area contributed by atoms with Crippen LogP contribution in [0.3, 0.4) is 0 Å². The fraction of sp³-hybridized carbons (Fsp3) is 0.667. The van der Waals surface area contributed by atoms with E-state index in [-0.39, 0.29) is 5.91 Å². The highest BCUT2D eigenvalue weighted by Crippen LogP contribution is 2.26. The van der Waals surface area contributed by atoms with Crippen LogP contribution >= 0.6 is 0 Å². The first-order chi connectivity index (χ1) is 8.54. The molecule has 1 rings (SSSR count). The Morgan fingerprint density at radius 3 is 2.61 bits per heavy atom. The second-order valence-corrected chi connectivity index (χ2v) is 4.26. The monoisotopic (exact) mass is 253 g/mol. The average Bonchev–Trinajstić information content (AvgIpc) is 2.63. The Labute approximate surface area is 108 Å². The van der Waals surface area contributed by atoms with Crippen molar-refractivity contribution in [3.63, 3.8) is 0 Å². The van der Waals surface area contributed by atoms with E-state index in [0.29, 0.717) is 12.2 Å². The predicted octanol–water partition coefficient (Wildman–Crippen LogP) is 0.527.